The van der Waals surface area contributed by atoms with E-state index in [-0.39, 0.29) is 11.6 Å². The highest BCUT2D eigenvalue weighted by Gasteiger charge is 2.29. The highest BCUT2D eigenvalue weighted by molar-refractivity contribution is 5.80. The maximum absolute atomic E-state index is 13.1. The summed E-state index contributed by atoms with van der Waals surface area (Å²) in [4.78, 5) is 22.8. The standard InChI is InChI=1S/C27H33N7O2/c1-3-25(26-30-31-32-34(26)22-9-5-6-10-22)33(17-19-8-7-13-28-16-19)18-21-14-20-15-23(36-4-2)11-12-24(20)29-27(21)35/h7-8,11-16,22,25H,3-6,9-10,17-18H2,1-2H3,(H,29,35)/t25-/m0/s1. The van der Waals surface area contributed by atoms with Crippen LogP contribution in [0.5, 0.6) is 5.75 Å². The van der Waals surface area contributed by atoms with Crippen molar-refractivity contribution >= 4 is 10.9 Å². The molecule has 0 saturated heterocycles. The number of tetrazole rings is 1. The van der Waals surface area contributed by atoms with Gasteiger partial charge in [-0.15, -0.1) is 5.10 Å². The van der Waals surface area contributed by atoms with Gasteiger partial charge in [0.05, 0.1) is 18.7 Å². The molecule has 0 spiro atoms. The Morgan fingerprint density at radius 1 is 1.17 bits per heavy atom. The fourth-order valence-corrected chi connectivity index (χ4v) is 5.26. The van der Waals surface area contributed by atoms with Crippen LogP contribution in [0.15, 0.2) is 53.6 Å². The van der Waals surface area contributed by atoms with E-state index in [1.165, 1.54) is 12.8 Å². The molecule has 1 atom stereocenters. The van der Waals surface area contributed by atoms with Gasteiger partial charge in [-0.1, -0.05) is 25.8 Å². The first-order chi connectivity index (χ1) is 17.7. The van der Waals surface area contributed by atoms with Crippen molar-refractivity contribution in [3.05, 3.63) is 76.1 Å². The van der Waals surface area contributed by atoms with Crippen LogP contribution in [-0.2, 0) is 13.1 Å². The van der Waals surface area contributed by atoms with Crippen molar-refractivity contribution in [3.63, 3.8) is 0 Å². The van der Waals surface area contributed by atoms with E-state index in [0.717, 1.165) is 47.3 Å². The number of hydrogen-bond acceptors (Lipinski definition) is 7. The predicted octanol–water partition coefficient (Wildman–Crippen LogP) is 4.58. The molecule has 1 fully saturated rings. The molecule has 1 aliphatic carbocycles. The summed E-state index contributed by atoms with van der Waals surface area (Å²) in [7, 11) is 0. The lowest BCUT2D eigenvalue weighted by Gasteiger charge is -2.31. The van der Waals surface area contributed by atoms with Crippen molar-refractivity contribution < 1.29 is 4.74 Å². The monoisotopic (exact) mass is 487 g/mol. The van der Waals surface area contributed by atoms with Gasteiger partial charge < -0.3 is 9.72 Å². The van der Waals surface area contributed by atoms with Crippen LogP contribution in [0.3, 0.4) is 0 Å². The molecule has 36 heavy (non-hydrogen) atoms. The third-order valence-electron chi connectivity index (χ3n) is 7.00. The molecular formula is C27H33N7O2. The molecule has 9 nitrogen and oxygen atoms in total. The van der Waals surface area contributed by atoms with Gasteiger partial charge in [-0.2, -0.15) is 0 Å². The molecule has 0 unspecified atom stereocenters. The maximum atomic E-state index is 13.1. The van der Waals surface area contributed by atoms with Crippen molar-refractivity contribution in [2.24, 2.45) is 0 Å². The minimum Gasteiger partial charge on any atom is -0.494 e. The summed E-state index contributed by atoms with van der Waals surface area (Å²) in [6, 6.07) is 12.0. The number of aromatic nitrogens is 6. The van der Waals surface area contributed by atoms with E-state index in [1.54, 1.807) is 6.20 Å². The number of benzene rings is 1. The van der Waals surface area contributed by atoms with Gasteiger partial charge in [0.15, 0.2) is 5.82 Å². The van der Waals surface area contributed by atoms with Gasteiger partial charge in [0.2, 0.25) is 0 Å². The van der Waals surface area contributed by atoms with Crippen molar-refractivity contribution in [2.45, 2.75) is 71.1 Å². The van der Waals surface area contributed by atoms with E-state index in [9.17, 15) is 4.79 Å². The summed E-state index contributed by atoms with van der Waals surface area (Å²) in [5, 5.41) is 13.9. The fraction of sp³-hybridized carbons (Fsp3) is 0.444. The summed E-state index contributed by atoms with van der Waals surface area (Å²) in [6.45, 7) is 5.78. The minimum absolute atomic E-state index is 0.0503. The number of pyridine rings is 2. The molecule has 1 N–H and O–H groups in total. The summed E-state index contributed by atoms with van der Waals surface area (Å²) in [5.41, 5.74) is 2.47. The van der Waals surface area contributed by atoms with E-state index in [1.807, 2.05) is 48.1 Å². The van der Waals surface area contributed by atoms with Gasteiger partial charge in [0.25, 0.3) is 5.56 Å². The molecule has 4 aromatic rings. The number of hydrogen-bond donors (Lipinski definition) is 1. The molecule has 0 aliphatic heterocycles. The molecular weight excluding hydrogens is 454 g/mol. The smallest absolute Gasteiger partial charge is 0.252 e. The SMILES string of the molecule is CCOc1ccc2[nH]c(=O)c(CN(Cc3cccnc3)[C@@H](CC)c3nnnn3C3CCCC3)cc2c1. The van der Waals surface area contributed by atoms with Gasteiger partial charge in [-0.05, 0) is 72.5 Å². The first kappa shape index (κ1) is 24.1. The van der Waals surface area contributed by atoms with Gasteiger partial charge in [0, 0.05) is 41.9 Å². The third-order valence-corrected chi connectivity index (χ3v) is 7.00. The Morgan fingerprint density at radius 3 is 2.78 bits per heavy atom. The summed E-state index contributed by atoms with van der Waals surface area (Å²) >= 11 is 0. The van der Waals surface area contributed by atoms with Crippen molar-refractivity contribution in [2.75, 3.05) is 6.61 Å². The molecule has 0 radical (unpaired) electrons. The van der Waals surface area contributed by atoms with Crippen LogP contribution in [0.4, 0.5) is 0 Å². The molecule has 3 heterocycles. The highest BCUT2D eigenvalue weighted by Crippen LogP contribution is 2.33. The first-order valence-corrected chi connectivity index (χ1v) is 12.9. The summed E-state index contributed by atoms with van der Waals surface area (Å²) in [5.74, 6) is 1.65. The topological polar surface area (TPSA) is 102 Å². The molecule has 0 bridgehead atoms. The van der Waals surface area contributed by atoms with Crippen molar-refractivity contribution in [1.29, 1.82) is 0 Å². The lowest BCUT2D eigenvalue weighted by atomic mass is 10.1. The van der Waals surface area contributed by atoms with E-state index in [0.29, 0.717) is 31.3 Å². The van der Waals surface area contributed by atoms with E-state index >= 15 is 0 Å². The fourth-order valence-electron chi connectivity index (χ4n) is 5.26. The van der Waals surface area contributed by atoms with Crippen LogP contribution in [0, 0.1) is 0 Å². The Balaban J connectivity index is 1.52. The van der Waals surface area contributed by atoms with Gasteiger partial charge >= 0.3 is 0 Å². The largest absolute Gasteiger partial charge is 0.494 e. The lowest BCUT2D eigenvalue weighted by Crippen LogP contribution is -2.32. The van der Waals surface area contributed by atoms with Crippen molar-refractivity contribution in [1.82, 2.24) is 35.1 Å². The zero-order valence-corrected chi connectivity index (χ0v) is 20.9. The van der Waals surface area contributed by atoms with E-state index in [4.69, 9.17) is 4.74 Å². The average Bonchev–Trinajstić information content (AvgIpc) is 3.58. The van der Waals surface area contributed by atoms with Crippen molar-refractivity contribution in [3.8, 4) is 5.75 Å². The van der Waals surface area contributed by atoms with Crippen LogP contribution in [-0.4, -0.2) is 41.7 Å². The number of nitrogens with one attached hydrogen (secondary N) is 1. The molecule has 5 rings (SSSR count). The quantitative estimate of drug-likeness (QED) is 0.349. The number of H-pyrrole nitrogens is 1. The molecule has 0 amide bonds. The number of ether oxygens (including phenoxy) is 1. The molecule has 1 aliphatic rings. The molecule has 188 valence electrons. The molecule has 3 aromatic heterocycles. The second kappa shape index (κ2) is 11.0. The highest BCUT2D eigenvalue weighted by atomic mass is 16.5. The summed E-state index contributed by atoms with van der Waals surface area (Å²) < 4.78 is 7.70. The Kier molecular flexibility index (Phi) is 7.36. The third kappa shape index (κ3) is 5.16. The maximum Gasteiger partial charge on any atom is 0.252 e. The Labute approximate surface area is 210 Å². The van der Waals surface area contributed by atoms with Crippen LogP contribution in [0.2, 0.25) is 0 Å². The number of nitrogens with zero attached hydrogens (tertiary/aromatic N) is 6. The first-order valence-electron chi connectivity index (χ1n) is 12.9. The van der Waals surface area contributed by atoms with Gasteiger partial charge in [-0.3, -0.25) is 14.7 Å². The zero-order valence-electron chi connectivity index (χ0n) is 20.9. The zero-order chi connectivity index (χ0) is 24.9. The van der Waals surface area contributed by atoms with E-state index < -0.39 is 0 Å². The molecule has 1 saturated carbocycles. The second-order valence-corrected chi connectivity index (χ2v) is 9.42. The predicted molar refractivity (Wildman–Crippen MR) is 138 cm³/mol. The molecule has 1 aromatic carbocycles. The lowest BCUT2D eigenvalue weighted by molar-refractivity contribution is 0.158. The van der Waals surface area contributed by atoms with Crippen LogP contribution in [0.25, 0.3) is 10.9 Å². The van der Waals surface area contributed by atoms with Gasteiger partial charge in [-0.25, -0.2) is 4.68 Å². The second-order valence-electron chi connectivity index (χ2n) is 9.42. The Bertz CT molecular complexity index is 1350. The molecule has 9 heteroatoms. The van der Waals surface area contributed by atoms with E-state index in [2.05, 4.69) is 43.4 Å². The Morgan fingerprint density at radius 2 is 2.03 bits per heavy atom. The van der Waals surface area contributed by atoms with Crippen LogP contribution in [0.1, 0.15) is 75.0 Å². The minimum atomic E-state index is -0.0897. The number of rotatable bonds is 10. The van der Waals surface area contributed by atoms with Crippen LogP contribution < -0.4 is 10.3 Å². The number of fused-ring (bicyclic) bond motifs is 1. The average molecular weight is 488 g/mol. The number of aromatic amines is 1. The normalized spacial score (nSPS) is 15.1. The Hall–Kier alpha value is -3.59. The van der Waals surface area contributed by atoms with Crippen LogP contribution >= 0.6 is 0 Å². The summed E-state index contributed by atoms with van der Waals surface area (Å²) in [6.07, 6.45) is 9.07. The van der Waals surface area contributed by atoms with Gasteiger partial charge in [0.1, 0.15) is 5.75 Å².